The molecule has 28 heavy (non-hydrogen) atoms. The van der Waals surface area contributed by atoms with Crippen LogP contribution in [0.1, 0.15) is 35.4 Å². The van der Waals surface area contributed by atoms with Crippen molar-refractivity contribution in [1.29, 1.82) is 0 Å². The van der Waals surface area contributed by atoms with Crippen molar-refractivity contribution < 1.29 is 14.3 Å². The maximum absolute atomic E-state index is 12.6. The molecule has 0 saturated carbocycles. The van der Waals surface area contributed by atoms with E-state index in [2.05, 4.69) is 58.0 Å². The van der Waals surface area contributed by atoms with E-state index in [1.165, 1.54) is 16.6 Å². The van der Waals surface area contributed by atoms with Gasteiger partial charge in [-0.1, -0.05) is 18.2 Å². The van der Waals surface area contributed by atoms with Crippen LogP contribution in [0.25, 0.3) is 10.9 Å². The molecule has 2 aliphatic heterocycles. The summed E-state index contributed by atoms with van der Waals surface area (Å²) in [5, 5.41) is 4.27. The number of hydrogen-bond donors (Lipinski definition) is 3. The van der Waals surface area contributed by atoms with Crippen molar-refractivity contribution in [1.82, 2.24) is 20.7 Å². The molecule has 1 fully saturated rings. The number of nitrogens with zero attached hydrogens (tertiary/aromatic N) is 1. The van der Waals surface area contributed by atoms with Crippen LogP contribution in [0, 0.1) is 0 Å². The number of hydrazine groups is 1. The largest absolute Gasteiger partial charge is 0.454 e. The molecule has 144 valence electrons. The number of carbonyl (C=O) groups is 1. The van der Waals surface area contributed by atoms with Crippen molar-refractivity contribution in [3.8, 4) is 11.5 Å². The number of benzene rings is 2. The summed E-state index contributed by atoms with van der Waals surface area (Å²) in [7, 11) is 0. The number of carbonyl (C=O) groups excluding carboxylic acids is 1. The van der Waals surface area contributed by atoms with Gasteiger partial charge in [-0.2, -0.15) is 0 Å². The number of rotatable bonds is 4. The molecule has 7 heteroatoms. The Labute approximate surface area is 162 Å². The summed E-state index contributed by atoms with van der Waals surface area (Å²) in [6.45, 7) is 3.24. The number of aromatic nitrogens is 1. The van der Waals surface area contributed by atoms with E-state index >= 15 is 0 Å². The highest BCUT2D eigenvalue weighted by atomic mass is 16.7. The fourth-order valence-electron chi connectivity index (χ4n) is 4.00. The summed E-state index contributed by atoms with van der Waals surface area (Å²) in [5.74, 6) is 1.13. The van der Waals surface area contributed by atoms with Crippen LogP contribution in [0.5, 0.6) is 11.5 Å². The molecule has 5 rings (SSSR count). The summed E-state index contributed by atoms with van der Waals surface area (Å²) in [6.07, 6.45) is 0.596. The first kappa shape index (κ1) is 17.1. The Kier molecular flexibility index (Phi) is 4.18. The second-order valence-electron chi connectivity index (χ2n) is 7.04. The molecular weight excluding hydrogens is 356 g/mol. The molecule has 3 heterocycles. The smallest absolute Gasteiger partial charge is 0.252 e. The van der Waals surface area contributed by atoms with Gasteiger partial charge in [-0.25, -0.2) is 10.9 Å². The van der Waals surface area contributed by atoms with Gasteiger partial charge >= 0.3 is 0 Å². The predicted molar refractivity (Wildman–Crippen MR) is 105 cm³/mol. The average molecular weight is 378 g/mol. The van der Waals surface area contributed by atoms with Crippen LogP contribution in [0.4, 0.5) is 0 Å². The van der Waals surface area contributed by atoms with Gasteiger partial charge in [-0.15, -0.1) is 0 Å². The number of para-hydroxylation sites is 1. The average Bonchev–Trinajstić information content (AvgIpc) is 3.44. The van der Waals surface area contributed by atoms with E-state index < -0.39 is 0 Å². The number of aryl methyl sites for hydroxylation is 1. The van der Waals surface area contributed by atoms with Gasteiger partial charge in [0.05, 0.1) is 12.2 Å². The van der Waals surface area contributed by atoms with Crippen LogP contribution < -0.4 is 25.6 Å². The van der Waals surface area contributed by atoms with Gasteiger partial charge in [0, 0.05) is 29.7 Å². The Hall–Kier alpha value is -3.03. The maximum atomic E-state index is 12.6. The van der Waals surface area contributed by atoms with E-state index in [-0.39, 0.29) is 24.9 Å². The Morgan fingerprint density at radius 2 is 2.00 bits per heavy atom. The molecule has 2 unspecified atom stereocenters. The molecule has 3 N–H and O–H groups in total. The SMILES string of the molecule is CCn1c(C2CC(NC(=O)c3ccc4c(c3)OCO4)NN2)cc2ccccc21. The quantitative estimate of drug-likeness (QED) is 0.651. The highest BCUT2D eigenvalue weighted by Crippen LogP contribution is 2.33. The first-order valence-corrected chi connectivity index (χ1v) is 9.52. The third-order valence-electron chi connectivity index (χ3n) is 5.36. The van der Waals surface area contributed by atoms with Gasteiger partial charge in [0.25, 0.3) is 5.91 Å². The van der Waals surface area contributed by atoms with Gasteiger partial charge in [0.2, 0.25) is 6.79 Å². The Morgan fingerprint density at radius 3 is 2.89 bits per heavy atom. The van der Waals surface area contributed by atoms with Gasteiger partial charge < -0.3 is 19.4 Å². The highest BCUT2D eigenvalue weighted by molar-refractivity contribution is 5.95. The zero-order valence-corrected chi connectivity index (χ0v) is 15.6. The molecule has 2 aromatic carbocycles. The Bertz CT molecular complexity index is 1050. The van der Waals surface area contributed by atoms with Crippen molar-refractivity contribution in [3.63, 3.8) is 0 Å². The normalized spacial score (nSPS) is 20.6. The van der Waals surface area contributed by atoms with Crippen LogP contribution in [0.15, 0.2) is 48.5 Å². The first-order valence-electron chi connectivity index (χ1n) is 9.52. The molecule has 3 aromatic rings. The zero-order chi connectivity index (χ0) is 19.1. The molecule has 1 amide bonds. The van der Waals surface area contributed by atoms with Crippen molar-refractivity contribution >= 4 is 16.8 Å². The highest BCUT2D eigenvalue weighted by Gasteiger charge is 2.29. The minimum atomic E-state index is -0.161. The second kappa shape index (κ2) is 6.85. The van der Waals surface area contributed by atoms with Crippen molar-refractivity contribution in [2.75, 3.05) is 6.79 Å². The van der Waals surface area contributed by atoms with Crippen LogP contribution in [0.2, 0.25) is 0 Å². The molecule has 0 spiro atoms. The van der Waals surface area contributed by atoms with Crippen molar-refractivity contribution in [3.05, 3.63) is 59.8 Å². The van der Waals surface area contributed by atoms with E-state index in [4.69, 9.17) is 9.47 Å². The molecule has 0 radical (unpaired) electrons. The summed E-state index contributed by atoms with van der Waals surface area (Å²) < 4.78 is 13.0. The van der Waals surface area contributed by atoms with Crippen LogP contribution >= 0.6 is 0 Å². The molecule has 2 aliphatic rings. The lowest BCUT2D eigenvalue weighted by atomic mass is 10.1. The maximum Gasteiger partial charge on any atom is 0.252 e. The molecular formula is C21H22N4O3. The molecule has 0 aliphatic carbocycles. The summed E-state index contributed by atoms with van der Waals surface area (Å²) in [6, 6.07) is 16.0. The van der Waals surface area contributed by atoms with Gasteiger partial charge in [-0.05, 0) is 42.6 Å². The lowest BCUT2D eigenvalue weighted by Crippen LogP contribution is -2.44. The number of fused-ring (bicyclic) bond motifs is 2. The molecule has 1 saturated heterocycles. The van der Waals surface area contributed by atoms with Crippen LogP contribution in [0.3, 0.4) is 0 Å². The van der Waals surface area contributed by atoms with E-state index in [1.807, 2.05) is 0 Å². The Morgan fingerprint density at radius 1 is 1.14 bits per heavy atom. The standard InChI is InChI=1S/C21H22N4O3/c1-2-25-16-6-4-3-5-13(16)9-17(25)15-11-20(24-23-15)22-21(26)14-7-8-18-19(10-14)28-12-27-18/h3-10,15,20,23-24H,2,11-12H2,1H3,(H,22,26). The summed E-state index contributed by atoms with van der Waals surface area (Å²) in [4.78, 5) is 12.6. The number of hydrogen-bond acceptors (Lipinski definition) is 5. The molecule has 0 bridgehead atoms. The fraction of sp³-hybridized carbons (Fsp3) is 0.286. The van der Waals surface area contributed by atoms with Crippen LogP contribution in [-0.2, 0) is 6.54 Å². The first-order chi connectivity index (χ1) is 13.7. The third kappa shape index (κ3) is 2.89. The van der Waals surface area contributed by atoms with Crippen molar-refractivity contribution in [2.45, 2.75) is 32.1 Å². The lowest BCUT2D eigenvalue weighted by Gasteiger charge is -2.14. The minimum Gasteiger partial charge on any atom is -0.454 e. The number of nitrogens with one attached hydrogen (secondary N) is 3. The molecule has 7 nitrogen and oxygen atoms in total. The monoisotopic (exact) mass is 378 g/mol. The molecule has 2 atom stereocenters. The number of amides is 1. The third-order valence-corrected chi connectivity index (χ3v) is 5.36. The van der Waals surface area contributed by atoms with Gasteiger partial charge in [0.15, 0.2) is 11.5 Å². The van der Waals surface area contributed by atoms with E-state index in [0.717, 1.165) is 13.0 Å². The second-order valence-corrected chi connectivity index (χ2v) is 7.04. The van der Waals surface area contributed by atoms with Crippen molar-refractivity contribution in [2.24, 2.45) is 0 Å². The minimum absolute atomic E-state index is 0.120. The van der Waals surface area contributed by atoms with E-state index in [0.29, 0.717) is 17.1 Å². The number of ether oxygens (including phenoxy) is 2. The summed E-state index contributed by atoms with van der Waals surface area (Å²) >= 11 is 0. The van der Waals surface area contributed by atoms with Gasteiger partial charge in [0.1, 0.15) is 0 Å². The predicted octanol–water partition coefficient (Wildman–Crippen LogP) is 2.69. The zero-order valence-electron chi connectivity index (χ0n) is 15.6. The fourth-order valence-corrected chi connectivity index (χ4v) is 4.00. The van der Waals surface area contributed by atoms with E-state index in [9.17, 15) is 4.79 Å². The van der Waals surface area contributed by atoms with Gasteiger partial charge in [-0.3, -0.25) is 4.79 Å². The summed E-state index contributed by atoms with van der Waals surface area (Å²) in [5.41, 5.74) is 9.53. The molecule has 1 aromatic heterocycles. The lowest BCUT2D eigenvalue weighted by molar-refractivity contribution is 0.0932. The van der Waals surface area contributed by atoms with E-state index in [1.54, 1.807) is 18.2 Å². The van der Waals surface area contributed by atoms with Crippen LogP contribution in [-0.4, -0.2) is 23.4 Å². The Balaban J connectivity index is 1.30. The topological polar surface area (TPSA) is 76.6 Å².